The van der Waals surface area contributed by atoms with E-state index in [1.807, 2.05) is 13.8 Å². The number of aromatic nitrogens is 2. The van der Waals surface area contributed by atoms with Gasteiger partial charge in [-0.3, -0.25) is 0 Å². The Morgan fingerprint density at radius 3 is 3.00 bits per heavy atom. The largest absolute Gasteiger partial charge is 0.379 e. The first-order valence-corrected chi connectivity index (χ1v) is 8.24. The molecule has 0 saturated carbocycles. The van der Waals surface area contributed by atoms with Crippen molar-refractivity contribution in [3.8, 4) is 10.8 Å². The average molecular weight is 307 g/mol. The minimum absolute atomic E-state index is 0.378. The van der Waals surface area contributed by atoms with E-state index in [4.69, 9.17) is 15.0 Å². The lowest BCUT2D eigenvalue weighted by molar-refractivity contribution is 0.0962. The van der Waals surface area contributed by atoms with Crippen LogP contribution in [0.1, 0.15) is 43.0 Å². The Labute approximate surface area is 128 Å². The predicted octanol–water partition coefficient (Wildman–Crippen LogP) is 2.89. The van der Waals surface area contributed by atoms with Gasteiger partial charge in [-0.1, -0.05) is 5.16 Å². The zero-order valence-electron chi connectivity index (χ0n) is 12.5. The van der Waals surface area contributed by atoms with Crippen LogP contribution in [0, 0.1) is 0 Å². The van der Waals surface area contributed by atoms with Crippen molar-refractivity contribution >= 4 is 11.3 Å². The third kappa shape index (κ3) is 3.02. The molecular weight excluding hydrogens is 286 g/mol. The van der Waals surface area contributed by atoms with Crippen LogP contribution < -0.4 is 5.73 Å². The Hall–Kier alpha value is -1.24. The lowest BCUT2D eigenvalue weighted by Gasteiger charge is -2.19. The van der Waals surface area contributed by atoms with E-state index in [1.54, 1.807) is 11.3 Å². The minimum Gasteiger partial charge on any atom is -0.379 e. The zero-order valence-corrected chi connectivity index (χ0v) is 13.3. The lowest BCUT2D eigenvalue weighted by Crippen LogP contribution is -2.39. The van der Waals surface area contributed by atoms with Crippen LogP contribution in [0.5, 0.6) is 0 Å². The molecule has 2 heterocycles. The van der Waals surface area contributed by atoms with Gasteiger partial charge in [0.05, 0.1) is 11.5 Å². The molecule has 5 nitrogen and oxygen atoms in total. The Morgan fingerprint density at radius 2 is 2.24 bits per heavy atom. The highest BCUT2D eigenvalue weighted by atomic mass is 32.1. The van der Waals surface area contributed by atoms with E-state index in [-0.39, 0.29) is 0 Å². The van der Waals surface area contributed by atoms with Crippen molar-refractivity contribution < 1.29 is 9.26 Å². The van der Waals surface area contributed by atoms with E-state index in [2.05, 4.69) is 16.2 Å². The van der Waals surface area contributed by atoms with Crippen LogP contribution in [0.3, 0.4) is 0 Å². The maximum Gasteiger partial charge on any atom is 0.268 e. The first kappa shape index (κ1) is 14.7. The molecule has 0 bridgehead atoms. The second-order valence-electron chi connectivity index (χ2n) is 5.74. The molecule has 0 fully saturated rings. The summed E-state index contributed by atoms with van der Waals surface area (Å²) >= 11 is 1.76. The van der Waals surface area contributed by atoms with Crippen LogP contribution in [-0.4, -0.2) is 23.4 Å². The number of ether oxygens (including phenoxy) is 1. The summed E-state index contributed by atoms with van der Waals surface area (Å²) in [6, 6.07) is 2.19. The summed E-state index contributed by atoms with van der Waals surface area (Å²) in [5, 5.41) is 4.04. The summed E-state index contributed by atoms with van der Waals surface area (Å²) in [6.07, 6.45) is 4.87. The van der Waals surface area contributed by atoms with E-state index < -0.39 is 5.54 Å². The van der Waals surface area contributed by atoms with Crippen LogP contribution in [0.15, 0.2) is 10.6 Å². The molecule has 0 spiro atoms. The number of fused-ring (bicyclic) bond motifs is 1. The summed E-state index contributed by atoms with van der Waals surface area (Å²) in [4.78, 5) is 6.98. The lowest BCUT2D eigenvalue weighted by atomic mass is 9.99. The van der Waals surface area contributed by atoms with Crippen molar-refractivity contribution in [1.82, 2.24) is 10.1 Å². The van der Waals surface area contributed by atoms with Crippen LogP contribution in [0.4, 0.5) is 0 Å². The first-order valence-electron chi connectivity index (χ1n) is 7.43. The number of aryl methyl sites for hydroxylation is 2. The molecule has 21 heavy (non-hydrogen) atoms. The van der Waals surface area contributed by atoms with E-state index in [9.17, 15) is 0 Å². The van der Waals surface area contributed by atoms with E-state index in [0.717, 1.165) is 11.3 Å². The molecule has 0 aromatic carbocycles. The summed E-state index contributed by atoms with van der Waals surface area (Å²) < 4.78 is 10.8. The highest BCUT2D eigenvalue weighted by Crippen LogP contribution is 2.35. The standard InChI is InChI=1S/C15H21N3O2S/c1-3-19-9-15(2,16)14-17-13(20-18-14)12-8-10-6-4-5-7-11(10)21-12/h8H,3-7,9,16H2,1-2H3. The summed E-state index contributed by atoms with van der Waals surface area (Å²) in [7, 11) is 0. The Morgan fingerprint density at radius 1 is 1.43 bits per heavy atom. The van der Waals surface area contributed by atoms with Crippen LogP contribution in [0.2, 0.25) is 0 Å². The van der Waals surface area contributed by atoms with Gasteiger partial charge in [0.1, 0.15) is 5.54 Å². The average Bonchev–Trinajstić information content (AvgIpc) is 3.11. The fraction of sp³-hybridized carbons (Fsp3) is 0.600. The van der Waals surface area contributed by atoms with E-state index in [0.29, 0.717) is 24.9 Å². The highest BCUT2D eigenvalue weighted by Gasteiger charge is 2.28. The summed E-state index contributed by atoms with van der Waals surface area (Å²) in [5.74, 6) is 1.06. The molecule has 0 saturated heterocycles. The minimum atomic E-state index is -0.728. The van der Waals surface area contributed by atoms with Crippen LogP contribution >= 0.6 is 11.3 Å². The second-order valence-corrected chi connectivity index (χ2v) is 6.88. The molecule has 1 aliphatic rings. The predicted molar refractivity (Wildman–Crippen MR) is 82.3 cm³/mol. The van der Waals surface area contributed by atoms with Gasteiger partial charge in [-0.25, -0.2) is 0 Å². The Balaban J connectivity index is 1.83. The molecule has 1 unspecified atom stereocenters. The van der Waals surface area contributed by atoms with Gasteiger partial charge < -0.3 is 15.0 Å². The van der Waals surface area contributed by atoms with E-state index >= 15 is 0 Å². The van der Waals surface area contributed by atoms with E-state index in [1.165, 1.54) is 29.7 Å². The van der Waals surface area contributed by atoms with Crippen molar-refractivity contribution in [1.29, 1.82) is 0 Å². The van der Waals surface area contributed by atoms with Crippen molar-refractivity contribution in [2.75, 3.05) is 13.2 Å². The highest BCUT2D eigenvalue weighted by molar-refractivity contribution is 7.15. The molecule has 0 radical (unpaired) electrons. The molecule has 2 N–H and O–H groups in total. The number of thiophene rings is 1. The molecule has 1 atom stereocenters. The van der Waals surface area contributed by atoms with Crippen molar-refractivity contribution in [3.05, 3.63) is 22.3 Å². The SMILES string of the molecule is CCOCC(C)(N)c1noc(-c2cc3c(s2)CCCC3)n1. The third-order valence-corrected chi connectivity index (χ3v) is 4.98. The maximum absolute atomic E-state index is 6.21. The number of hydrogen-bond donors (Lipinski definition) is 1. The van der Waals surface area contributed by atoms with Crippen molar-refractivity contribution in [2.45, 2.75) is 45.1 Å². The van der Waals surface area contributed by atoms with Crippen molar-refractivity contribution in [2.24, 2.45) is 5.73 Å². The fourth-order valence-corrected chi connectivity index (χ4v) is 3.71. The molecular formula is C15H21N3O2S. The fourth-order valence-electron chi connectivity index (χ4n) is 2.53. The van der Waals surface area contributed by atoms with Crippen molar-refractivity contribution in [3.63, 3.8) is 0 Å². The van der Waals surface area contributed by atoms with Gasteiger partial charge in [0.15, 0.2) is 5.82 Å². The molecule has 6 heteroatoms. The molecule has 2 aromatic heterocycles. The summed E-state index contributed by atoms with van der Waals surface area (Å²) in [6.45, 7) is 4.79. The number of rotatable bonds is 5. The van der Waals surface area contributed by atoms with Gasteiger partial charge in [-0.15, -0.1) is 11.3 Å². The summed E-state index contributed by atoms with van der Waals surface area (Å²) in [5.41, 5.74) is 6.91. The smallest absolute Gasteiger partial charge is 0.268 e. The Kier molecular flexibility index (Phi) is 4.10. The van der Waals surface area contributed by atoms with Gasteiger partial charge in [0.2, 0.25) is 0 Å². The Bertz CT molecular complexity index is 595. The zero-order chi connectivity index (χ0) is 14.9. The number of nitrogens with two attached hydrogens (primary N) is 1. The molecule has 3 rings (SSSR count). The normalized spacial score (nSPS) is 17.5. The number of hydrogen-bond acceptors (Lipinski definition) is 6. The number of nitrogens with zero attached hydrogens (tertiary/aromatic N) is 2. The molecule has 114 valence electrons. The maximum atomic E-state index is 6.21. The van der Waals surface area contributed by atoms with Gasteiger partial charge in [-0.05, 0) is 51.2 Å². The first-order chi connectivity index (χ1) is 10.1. The second kappa shape index (κ2) is 5.87. The van der Waals surface area contributed by atoms with Crippen LogP contribution in [0.25, 0.3) is 10.8 Å². The monoisotopic (exact) mass is 307 g/mol. The molecule has 0 amide bonds. The molecule has 2 aromatic rings. The van der Waals surface area contributed by atoms with Gasteiger partial charge in [0, 0.05) is 11.5 Å². The quantitative estimate of drug-likeness (QED) is 0.919. The molecule has 0 aliphatic heterocycles. The van der Waals surface area contributed by atoms with Gasteiger partial charge >= 0.3 is 0 Å². The van der Waals surface area contributed by atoms with Gasteiger partial charge in [-0.2, -0.15) is 4.98 Å². The van der Waals surface area contributed by atoms with Gasteiger partial charge in [0.25, 0.3) is 5.89 Å². The van der Waals surface area contributed by atoms with Crippen LogP contribution in [-0.2, 0) is 23.1 Å². The topological polar surface area (TPSA) is 74.2 Å². The third-order valence-electron chi connectivity index (χ3n) is 3.75. The molecule has 1 aliphatic carbocycles.